The van der Waals surface area contributed by atoms with E-state index >= 15 is 0 Å². The first kappa shape index (κ1) is 12.3. The van der Waals surface area contributed by atoms with Gasteiger partial charge in [-0.3, -0.25) is 4.79 Å². The fourth-order valence-corrected chi connectivity index (χ4v) is 2.08. The second-order valence-electron chi connectivity index (χ2n) is 3.77. The van der Waals surface area contributed by atoms with Crippen LogP contribution in [0.25, 0.3) is 11.1 Å². The number of sulfone groups is 1. The Morgan fingerprint density at radius 2 is 1.78 bits per heavy atom. The summed E-state index contributed by atoms with van der Waals surface area (Å²) < 4.78 is 22.6. The van der Waals surface area contributed by atoms with Crippen molar-refractivity contribution in [1.82, 2.24) is 9.94 Å². The summed E-state index contributed by atoms with van der Waals surface area (Å²) in [5.41, 5.74) is 0.498. The molecule has 0 radical (unpaired) electrons. The first-order valence-corrected chi connectivity index (χ1v) is 6.86. The molecule has 1 aromatic heterocycles. The van der Waals surface area contributed by atoms with Gasteiger partial charge in [-0.15, -0.1) is 5.10 Å². The van der Waals surface area contributed by atoms with E-state index in [2.05, 4.69) is 5.10 Å². The van der Waals surface area contributed by atoms with Gasteiger partial charge in [0.1, 0.15) is 0 Å². The van der Waals surface area contributed by atoms with E-state index in [1.54, 1.807) is 12.1 Å². The molecule has 1 N–H and O–H groups in total. The summed E-state index contributed by atoms with van der Waals surface area (Å²) >= 11 is 0. The van der Waals surface area contributed by atoms with E-state index in [4.69, 9.17) is 5.21 Å². The third kappa shape index (κ3) is 2.40. The molecule has 1 aromatic carbocycles. The van der Waals surface area contributed by atoms with Crippen molar-refractivity contribution >= 4 is 9.84 Å². The first-order chi connectivity index (χ1) is 8.38. The van der Waals surface area contributed by atoms with Crippen LogP contribution in [0.3, 0.4) is 0 Å². The van der Waals surface area contributed by atoms with Crippen LogP contribution in [-0.2, 0) is 9.84 Å². The lowest BCUT2D eigenvalue weighted by Crippen LogP contribution is -2.18. The molecule has 0 fully saturated rings. The van der Waals surface area contributed by atoms with Crippen molar-refractivity contribution < 1.29 is 13.6 Å². The molecule has 94 valence electrons. The van der Waals surface area contributed by atoms with Crippen LogP contribution < -0.4 is 5.56 Å². The van der Waals surface area contributed by atoms with E-state index in [0.29, 0.717) is 11.1 Å². The fourth-order valence-electron chi connectivity index (χ4n) is 1.45. The molecule has 18 heavy (non-hydrogen) atoms. The highest BCUT2D eigenvalue weighted by atomic mass is 32.2. The monoisotopic (exact) mass is 266 g/mol. The lowest BCUT2D eigenvalue weighted by molar-refractivity contribution is 0.134. The van der Waals surface area contributed by atoms with Crippen molar-refractivity contribution in [1.29, 1.82) is 0 Å². The molecule has 0 spiro atoms. The Hall–Kier alpha value is -2.15. The maximum absolute atomic E-state index is 11.3. The van der Waals surface area contributed by atoms with E-state index in [1.807, 2.05) is 0 Å². The first-order valence-electron chi connectivity index (χ1n) is 4.97. The van der Waals surface area contributed by atoms with Crippen LogP contribution in [0.1, 0.15) is 0 Å². The van der Waals surface area contributed by atoms with E-state index in [1.165, 1.54) is 24.4 Å². The van der Waals surface area contributed by atoms with Crippen LogP contribution in [0.5, 0.6) is 0 Å². The van der Waals surface area contributed by atoms with Gasteiger partial charge in [0.05, 0.1) is 11.1 Å². The molecule has 2 aromatic rings. The van der Waals surface area contributed by atoms with Crippen molar-refractivity contribution in [2.24, 2.45) is 0 Å². The molecule has 2 rings (SSSR count). The number of nitrogens with zero attached hydrogens (tertiary/aromatic N) is 2. The second kappa shape index (κ2) is 4.26. The lowest BCUT2D eigenvalue weighted by atomic mass is 10.1. The Morgan fingerprint density at radius 3 is 2.28 bits per heavy atom. The molecule has 0 aliphatic carbocycles. The topological polar surface area (TPSA) is 89.3 Å². The zero-order valence-electron chi connectivity index (χ0n) is 9.44. The Balaban J connectivity index is 2.47. The summed E-state index contributed by atoms with van der Waals surface area (Å²) in [5, 5.41) is 12.4. The van der Waals surface area contributed by atoms with Gasteiger partial charge in [0.25, 0.3) is 0 Å². The molecule has 0 amide bonds. The molecule has 0 bridgehead atoms. The van der Waals surface area contributed by atoms with Gasteiger partial charge in [-0.05, 0) is 17.7 Å². The average molecular weight is 266 g/mol. The summed E-state index contributed by atoms with van der Waals surface area (Å²) in [6.45, 7) is 0. The molecule has 0 aliphatic rings. The molecule has 6 nitrogen and oxygen atoms in total. The summed E-state index contributed by atoms with van der Waals surface area (Å²) in [4.78, 5) is 11.6. The van der Waals surface area contributed by atoms with Crippen LogP contribution in [0.2, 0.25) is 0 Å². The van der Waals surface area contributed by atoms with E-state index in [9.17, 15) is 13.2 Å². The van der Waals surface area contributed by atoms with Crippen molar-refractivity contribution in [3.05, 3.63) is 46.9 Å². The van der Waals surface area contributed by atoms with E-state index in [-0.39, 0.29) is 9.74 Å². The van der Waals surface area contributed by atoms with E-state index in [0.717, 1.165) is 6.26 Å². The normalized spacial score (nSPS) is 11.4. The van der Waals surface area contributed by atoms with Crippen LogP contribution in [0, 0.1) is 0 Å². The summed E-state index contributed by atoms with van der Waals surface area (Å²) in [5.74, 6) is 0. The maximum atomic E-state index is 11.3. The molecule has 0 unspecified atom stereocenters. The Labute approximate surface area is 103 Å². The van der Waals surface area contributed by atoms with Gasteiger partial charge in [0, 0.05) is 17.9 Å². The molecule has 1 heterocycles. The highest BCUT2D eigenvalue weighted by molar-refractivity contribution is 7.90. The number of hydrogen-bond donors (Lipinski definition) is 1. The van der Waals surface area contributed by atoms with Crippen molar-refractivity contribution in [2.45, 2.75) is 4.90 Å². The van der Waals surface area contributed by atoms with Gasteiger partial charge in [0.15, 0.2) is 9.84 Å². The quantitative estimate of drug-likeness (QED) is 0.802. The minimum absolute atomic E-state index is 0.203. The van der Waals surface area contributed by atoms with Gasteiger partial charge in [-0.2, -0.15) is 0 Å². The predicted octanol–water partition coefficient (Wildman–Crippen LogP) is 0.551. The minimum atomic E-state index is -3.24. The highest BCUT2D eigenvalue weighted by Gasteiger charge is 2.07. The average Bonchev–Trinajstić information content (AvgIpc) is 2.32. The van der Waals surface area contributed by atoms with E-state index < -0.39 is 15.4 Å². The van der Waals surface area contributed by atoms with Crippen LogP contribution in [-0.4, -0.2) is 29.8 Å². The summed E-state index contributed by atoms with van der Waals surface area (Å²) in [6.07, 6.45) is 2.44. The standard InChI is InChI=1S/C11H10N2O4S/c1-18(16,17)10-4-2-8(3-5-10)9-6-11(14)13(15)12-7-9/h2-7,15H,1H3. The zero-order chi connectivity index (χ0) is 13.3. The molecule has 0 aliphatic heterocycles. The van der Waals surface area contributed by atoms with Crippen molar-refractivity contribution in [2.75, 3.05) is 6.26 Å². The van der Waals surface area contributed by atoms with Gasteiger partial charge in [-0.1, -0.05) is 17.0 Å². The molecule has 0 saturated carbocycles. The van der Waals surface area contributed by atoms with Crippen LogP contribution >= 0.6 is 0 Å². The van der Waals surface area contributed by atoms with Crippen LogP contribution in [0.4, 0.5) is 0 Å². The molecule has 0 saturated heterocycles. The van der Waals surface area contributed by atoms with Gasteiger partial charge >= 0.3 is 5.56 Å². The number of benzene rings is 1. The molecule has 0 atom stereocenters. The summed E-state index contributed by atoms with van der Waals surface area (Å²) in [7, 11) is -3.24. The van der Waals surface area contributed by atoms with Crippen LogP contribution in [0.15, 0.2) is 46.2 Å². The smallest absolute Gasteiger partial charge is 0.303 e. The predicted molar refractivity (Wildman–Crippen MR) is 64.2 cm³/mol. The SMILES string of the molecule is CS(=O)(=O)c1ccc(-c2cnn(O)c(=O)c2)cc1. The number of aromatic nitrogens is 2. The molecular formula is C11H10N2O4S. The fraction of sp³-hybridized carbons (Fsp3) is 0.0909. The Bertz CT molecular complexity index is 732. The Morgan fingerprint density at radius 1 is 1.17 bits per heavy atom. The molecular weight excluding hydrogens is 256 g/mol. The van der Waals surface area contributed by atoms with Crippen molar-refractivity contribution in [3.63, 3.8) is 0 Å². The summed E-state index contributed by atoms with van der Waals surface area (Å²) in [6, 6.07) is 7.27. The third-order valence-corrected chi connectivity index (χ3v) is 3.53. The minimum Gasteiger partial charge on any atom is -0.409 e. The van der Waals surface area contributed by atoms with Gasteiger partial charge in [-0.25, -0.2) is 8.42 Å². The van der Waals surface area contributed by atoms with Crippen molar-refractivity contribution in [3.8, 4) is 11.1 Å². The number of hydrogen-bond acceptors (Lipinski definition) is 5. The lowest BCUT2D eigenvalue weighted by Gasteiger charge is -2.03. The number of rotatable bonds is 2. The van der Waals surface area contributed by atoms with Gasteiger partial charge < -0.3 is 5.21 Å². The third-order valence-electron chi connectivity index (χ3n) is 2.40. The maximum Gasteiger partial charge on any atom is 0.303 e. The van der Waals surface area contributed by atoms with Gasteiger partial charge in [0.2, 0.25) is 0 Å². The second-order valence-corrected chi connectivity index (χ2v) is 5.78. The Kier molecular flexibility index (Phi) is 2.92. The highest BCUT2D eigenvalue weighted by Crippen LogP contribution is 2.19. The molecule has 7 heteroatoms. The zero-order valence-corrected chi connectivity index (χ0v) is 10.3. The largest absolute Gasteiger partial charge is 0.409 e.